The van der Waals surface area contributed by atoms with Crippen molar-refractivity contribution in [3.63, 3.8) is 0 Å². The lowest BCUT2D eigenvalue weighted by Crippen LogP contribution is -2.30. The van der Waals surface area contributed by atoms with Crippen LogP contribution in [-0.4, -0.2) is 22.2 Å². The van der Waals surface area contributed by atoms with Gasteiger partial charge in [0.1, 0.15) is 0 Å². The summed E-state index contributed by atoms with van der Waals surface area (Å²) in [6, 6.07) is 7.55. The van der Waals surface area contributed by atoms with Gasteiger partial charge in [-0.15, -0.1) is 0 Å². The molecule has 0 bridgehead atoms. The lowest BCUT2D eigenvalue weighted by molar-refractivity contribution is 0.425. The van der Waals surface area contributed by atoms with Gasteiger partial charge in [0.2, 0.25) is 0 Å². The number of benzene rings is 1. The van der Waals surface area contributed by atoms with E-state index in [1.165, 1.54) is 6.20 Å². The van der Waals surface area contributed by atoms with Crippen molar-refractivity contribution in [2.24, 2.45) is 0 Å². The highest BCUT2D eigenvalue weighted by Gasteiger charge is 2.11. The van der Waals surface area contributed by atoms with Crippen LogP contribution in [0.25, 0.3) is 10.9 Å². The molecular weight excluding hydrogens is 177 g/mol. The molecule has 1 heterocycles. The zero-order chi connectivity index (χ0) is 10.1. The van der Waals surface area contributed by atoms with Gasteiger partial charge in [-0.2, -0.15) is 0 Å². The lowest BCUT2D eigenvalue weighted by atomic mass is 9.81. The first-order valence-electron chi connectivity index (χ1n) is 4.40. The summed E-state index contributed by atoms with van der Waals surface area (Å²) in [7, 11) is -1.45. The summed E-state index contributed by atoms with van der Waals surface area (Å²) >= 11 is 0. The molecule has 0 aliphatic rings. The second kappa shape index (κ2) is 3.40. The maximum absolute atomic E-state index is 8.99. The van der Waals surface area contributed by atoms with Crippen LogP contribution >= 0.6 is 0 Å². The first-order chi connectivity index (χ1) is 6.68. The molecule has 2 N–H and O–H groups in total. The molecule has 0 aliphatic heterocycles. The summed E-state index contributed by atoms with van der Waals surface area (Å²) in [6.07, 6.45) is 1.48. The molecule has 2 rings (SSSR count). The quantitative estimate of drug-likeness (QED) is 0.628. The van der Waals surface area contributed by atoms with Crippen LogP contribution in [0.15, 0.2) is 30.5 Å². The summed E-state index contributed by atoms with van der Waals surface area (Å²) in [4.78, 5) is 4.14. The maximum atomic E-state index is 8.99. The van der Waals surface area contributed by atoms with E-state index in [2.05, 4.69) is 4.98 Å². The number of pyridine rings is 1. The Kier molecular flexibility index (Phi) is 2.23. The second-order valence-corrected chi connectivity index (χ2v) is 3.28. The van der Waals surface area contributed by atoms with Crippen molar-refractivity contribution in [3.05, 3.63) is 36.0 Å². The monoisotopic (exact) mass is 187 g/mol. The van der Waals surface area contributed by atoms with Crippen LogP contribution in [0.4, 0.5) is 0 Å². The molecule has 0 radical (unpaired) electrons. The van der Waals surface area contributed by atoms with E-state index in [9.17, 15) is 0 Å². The molecule has 0 amide bonds. The summed E-state index contributed by atoms with van der Waals surface area (Å²) in [5, 5.41) is 18.9. The van der Waals surface area contributed by atoms with Gasteiger partial charge in [0.05, 0.1) is 5.52 Å². The third-order valence-electron chi connectivity index (χ3n) is 2.26. The van der Waals surface area contributed by atoms with E-state index in [0.717, 1.165) is 16.5 Å². The van der Waals surface area contributed by atoms with Gasteiger partial charge in [-0.3, -0.25) is 4.98 Å². The van der Waals surface area contributed by atoms with Gasteiger partial charge in [-0.25, -0.2) is 0 Å². The Morgan fingerprint density at radius 3 is 2.79 bits per heavy atom. The third-order valence-corrected chi connectivity index (χ3v) is 2.26. The molecule has 0 unspecified atom stereocenters. The van der Waals surface area contributed by atoms with Gasteiger partial charge in [-0.05, 0) is 18.6 Å². The second-order valence-electron chi connectivity index (χ2n) is 3.28. The SMILES string of the molecule is Cc1cccc2ncc(B(O)O)cc12. The van der Waals surface area contributed by atoms with E-state index in [1.807, 2.05) is 25.1 Å². The average Bonchev–Trinajstić information content (AvgIpc) is 2.18. The van der Waals surface area contributed by atoms with Crippen molar-refractivity contribution in [2.75, 3.05) is 0 Å². The number of nitrogens with zero attached hydrogens (tertiary/aromatic N) is 1. The fraction of sp³-hybridized carbons (Fsp3) is 0.100. The fourth-order valence-corrected chi connectivity index (χ4v) is 1.45. The Balaban J connectivity index is 2.70. The largest absolute Gasteiger partial charge is 0.490 e. The minimum Gasteiger partial charge on any atom is -0.423 e. The van der Waals surface area contributed by atoms with Gasteiger partial charge in [0, 0.05) is 17.0 Å². The Bertz CT molecular complexity index is 471. The average molecular weight is 187 g/mol. The fourth-order valence-electron chi connectivity index (χ4n) is 1.45. The predicted molar refractivity (Wildman–Crippen MR) is 56.3 cm³/mol. The highest BCUT2D eigenvalue weighted by molar-refractivity contribution is 6.58. The smallest absolute Gasteiger partial charge is 0.423 e. The van der Waals surface area contributed by atoms with E-state index >= 15 is 0 Å². The Hall–Kier alpha value is -1.39. The Morgan fingerprint density at radius 2 is 2.07 bits per heavy atom. The number of hydrogen-bond acceptors (Lipinski definition) is 3. The minimum absolute atomic E-state index is 0.423. The molecule has 1 aromatic carbocycles. The summed E-state index contributed by atoms with van der Waals surface area (Å²) in [6.45, 7) is 1.97. The van der Waals surface area contributed by atoms with E-state index < -0.39 is 7.12 Å². The highest BCUT2D eigenvalue weighted by Crippen LogP contribution is 2.13. The first kappa shape index (κ1) is 9.18. The number of hydrogen-bond donors (Lipinski definition) is 2. The standard InChI is InChI=1S/C10H10BNO2/c1-7-3-2-4-10-9(7)5-8(6-12-10)11(13)14/h2-6,13-14H,1H3. The zero-order valence-electron chi connectivity index (χ0n) is 7.81. The van der Waals surface area contributed by atoms with Gasteiger partial charge >= 0.3 is 7.12 Å². The molecule has 2 aromatic rings. The number of rotatable bonds is 1. The van der Waals surface area contributed by atoms with Crippen molar-refractivity contribution in [3.8, 4) is 0 Å². The molecule has 0 spiro atoms. The molecule has 14 heavy (non-hydrogen) atoms. The van der Waals surface area contributed by atoms with Crippen LogP contribution in [0.3, 0.4) is 0 Å². The molecule has 0 atom stereocenters. The van der Waals surface area contributed by atoms with Crippen LogP contribution in [0, 0.1) is 6.92 Å². The molecule has 4 heteroatoms. The Morgan fingerprint density at radius 1 is 1.29 bits per heavy atom. The van der Waals surface area contributed by atoms with Crippen molar-refractivity contribution >= 4 is 23.5 Å². The van der Waals surface area contributed by atoms with E-state index in [1.54, 1.807) is 6.07 Å². The van der Waals surface area contributed by atoms with Gasteiger partial charge < -0.3 is 10.0 Å². The van der Waals surface area contributed by atoms with E-state index in [0.29, 0.717) is 5.46 Å². The molecule has 3 nitrogen and oxygen atoms in total. The minimum atomic E-state index is -1.45. The maximum Gasteiger partial charge on any atom is 0.490 e. The number of aromatic nitrogens is 1. The summed E-state index contributed by atoms with van der Waals surface area (Å²) in [5.74, 6) is 0. The van der Waals surface area contributed by atoms with Crippen LogP contribution < -0.4 is 5.46 Å². The van der Waals surface area contributed by atoms with Crippen molar-refractivity contribution in [1.82, 2.24) is 4.98 Å². The number of fused-ring (bicyclic) bond motifs is 1. The van der Waals surface area contributed by atoms with Crippen LogP contribution in [0.2, 0.25) is 0 Å². The lowest BCUT2D eigenvalue weighted by Gasteiger charge is -2.03. The molecule has 0 aliphatic carbocycles. The van der Waals surface area contributed by atoms with Crippen LogP contribution in [-0.2, 0) is 0 Å². The van der Waals surface area contributed by atoms with Gasteiger partial charge in [0.15, 0.2) is 0 Å². The molecule has 0 saturated heterocycles. The summed E-state index contributed by atoms with van der Waals surface area (Å²) in [5.41, 5.74) is 2.37. The molecule has 70 valence electrons. The van der Waals surface area contributed by atoms with Crippen molar-refractivity contribution in [1.29, 1.82) is 0 Å². The Labute approximate surface area is 82.2 Å². The topological polar surface area (TPSA) is 53.4 Å². The van der Waals surface area contributed by atoms with Crippen molar-refractivity contribution in [2.45, 2.75) is 6.92 Å². The number of aryl methyl sites for hydroxylation is 1. The first-order valence-corrected chi connectivity index (χ1v) is 4.40. The normalized spacial score (nSPS) is 10.5. The molecular formula is C10H10BNO2. The highest BCUT2D eigenvalue weighted by atomic mass is 16.4. The van der Waals surface area contributed by atoms with Crippen LogP contribution in [0.5, 0.6) is 0 Å². The zero-order valence-corrected chi connectivity index (χ0v) is 7.81. The molecule has 0 saturated carbocycles. The third kappa shape index (κ3) is 1.50. The van der Waals surface area contributed by atoms with E-state index in [4.69, 9.17) is 10.0 Å². The van der Waals surface area contributed by atoms with Gasteiger partial charge in [0.25, 0.3) is 0 Å². The van der Waals surface area contributed by atoms with E-state index in [-0.39, 0.29) is 0 Å². The summed E-state index contributed by atoms with van der Waals surface area (Å²) < 4.78 is 0. The predicted octanol–water partition coefficient (Wildman–Crippen LogP) is 0.223. The van der Waals surface area contributed by atoms with Gasteiger partial charge in [-0.1, -0.05) is 18.2 Å². The van der Waals surface area contributed by atoms with Crippen LogP contribution in [0.1, 0.15) is 5.56 Å². The van der Waals surface area contributed by atoms with Crippen molar-refractivity contribution < 1.29 is 10.0 Å². The molecule has 0 fully saturated rings. The molecule has 1 aromatic heterocycles.